The molecule has 0 amide bonds. The molecule has 3 unspecified atom stereocenters. The molecule has 1 aliphatic rings. The smallest absolute Gasteiger partial charge is 0.387 e. The average Bonchev–Trinajstić information content (AvgIpc) is 3.01. The topological polar surface area (TPSA) is 146 Å². The van der Waals surface area contributed by atoms with Crippen LogP contribution in [0.5, 0.6) is 0 Å². The molecule has 1 fully saturated rings. The maximum atomic E-state index is 14.6. The van der Waals surface area contributed by atoms with Crippen molar-refractivity contribution in [3.63, 3.8) is 0 Å². The number of ether oxygens (including phenoxy) is 1. The predicted molar refractivity (Wildman–Crippen MR) is 142 cm³/mol. The highest BCUT2D eigenvalue weighted by Gasteiger charge is 2.95. The third-order valence-corrected chi connectivity index (χ3v) is 9.11. The third kappa shape index (κ3) is 10.4. The zero-order chi connectivity index (χ0) is 41.9. The van der Waals surface area contributed by atoms with Crippen molar-refractivity contribution < 1.29 is 118 Å². The van der Waals surface area contributed by atoms with Crippen molar-refractivity contribution in [2.45, 2.75) is 156 Å². The molecule has 0 aromatic carbocycles. The first-order valence-electron chi connectivity index (χ1n) is 15.4. The van der Waals surface area contributed by atoms with Crippen LogP contribution >= 0.6 is 7.82 Å². The summed E-state index contributed by atoms with van der Waals surface area (Å²) in [4.78, 5) is 10.0. The Labute approximate surface area is 289 Å². The van der Waals surface area contributed by atoms with Gasteiger partial charge in [0.2, 0.25) is 0 Å². The number of hydrogen-bond acceptors (Lipinski definition) is 8. The van der Waals surface area contributed by atoms with Crippen molar-refractivity contribution in [2.75, 3.05) is 6.61 Å². The van der Waals surface area contributed by atoms with Crippen molar-refractivity contribution in [3.05, 3.63) is 0 Å². The van der Waals surface area contributed by atoms with E-state index in [1.165, 1.54) is 0 Å². The van der Waals surface area contributed by atoms with Crippen LogP contribution < -0.4 is 0 Å². The van der Waals surface area contributed by atoms with Crippen LogP contribution in [-0.4, -0.2) is 116 Å². The van der Waals surface area contributed by atoms with Gasteiger partial charge in [0.25, 0.3) is 0 Å². The van der Waals surface area contributed by atoms with Crippen molar-refractivity contribution in [1.82, 2.24) is 0 Å². The molecule has 53 heavy (non-hydrogen) atoms. The van der Waals surface area contributed by atoms with Gasteiger partial charge in [-0.3, -0.25) is 9.05 Å². The molecule has 0 aliphatic carbocycles. The van der Waals surface area contributed by atoms with E-state index in [4.69, 9.17) is 0 Å². The van der Waals surface area contributed by atoms with Gasteiger partial charge in [0.15, 0.2) is 6.29 Å². The summed E-state index contributed by atoms with van der Waals surface area (Å²) < 4.78 is 258. The normalized spacial score (nSPS) is 25.0. The highest BCUT2D eigenvalue weighted by molar-refractivity contribution is 7.47. The van der Waals surface area contributed by atoms with Gasteiger partial charge < -0.3 is 30.1 Å². The molecule has 1 aliphatic heterocycles. The largest absolute Gasteiger partial charge is 0.472 e. The minimum Gasteiger partial charge on any atom is -0.387 e. The molecule has 318 valence electrons. The minimum absolute atomic E-state index is 0.156. The lowest BCUT2D eigenvalue weighted by atomic mass is 9.87. The summed E-state index contributed by atoms with van der Waals surface area (Å²) in [7, 11) is -5.68. The molecule has 1 heterocycles. The van der Waals surface area contributed by atoms with Gasteiger partial charge in [-0.1, -0.05) is 51.9 Å². The Morgan fingerprint density at radius 3 is 1.51 bits per heavy atom. The van der Waals surface area contributed by atoms with Gasteiger partial charge in [0, 0.05) is 6.42 Å². The Hall–Kier alpha value is -1.28. The van der Waals surface area contributed by atoms with Gasteiger partial charge in [-0.25, -0.2) is 4.57 Å². The first kappa shape index (κ1) is 49.7. The fraction of sp³-hybridized carbons (Fsp3) is 1.00. The summed E-state index contributed by atoms with van der Waals surface area (Å²) in [5.74, 6) is -57.7. The highest BCUT2D eigenvalue weighted by Crippen LogP contribution is 2.64. The summed E-state index contributed by atoms with van der Waals surface area (Å²) in [6.07, 6.45) is -23.0. The zero-order valence-electron chi connectivity index (χ0n) is 27.0. The lowest BCUT2D eigenvalue weighted by Crippen LogP contribution is -2.74. The van der Waals surface area contributed by atoms with Crippen LogP contribution in [0.15, 0.2) is 0 Å². The van der Waals surface area contributed by atoms with Crippen LogP contribution in [0.3, 0.4) is 0 Å². The Balaban J connectivity index is 3.31. The minimum atomic E-state index is -8.79. The van der Waals surface area contributed by atoms with Gasteiger partial charge in [0.1, 0.15) is 24.4 Å². The predicted octanol–water partition coefficient (Wildman–Crippen LogP) is 7.22. The van der Waals surface area contributed by atoms with E-state index in [-0.39, 0.29) is 12.8 Å². The number of aliphatic hydroxyl groups excluding tert-OH is 4. The second-order valence-electron chi connectivity index (χ2n) is 12.1. The molecule has 7 atom stereocenters. The third-order valence-electron chi connectivity index (χ3n) is 8.07. The van der Waals surface area contributed by atoms with Crippen LogP contribution in [0, 0.1) is 0 Å². The number of aliphatic hydroxyl groups is 4. The Kier molecular flexibility index (Phi) is 16.4. The van der Waals surface area contributed by atoms with E-state index in [1.807, 2.05) is 6.92 Å². The van der Waals surface area contributed by atoms with Gasteiger partial charge in [-0.05, 0) is 12.8 Å². The quantitative estimate of drug-likeness (QED) is 0.0434. The number of unbranched alkanes of at least 4 members (excludes halogenated alkanes) is 6. The standard InChI is InChI=1S/C26H36F17O9P/c1-2-3-4-5-6-7-8-9-13(52-53(48,49)50-12-14-15(44)16(45)17(46)18(47)51-14)10-11-19(27,28)20(29,30)21(31,32)22(33,34)23(35,36)24(37,38)25(39,40)26(41,42)43/h13-18,44-47H,2-12H2,1H3,(H,48,49)/t13?,14-,15-,16+,17-,18?/m1/s1. The monoisotopic (exact) mass is 846 g/mol. The number of phosphoric acid groups is 1. The van der Waals surface area contributed by atoms with Gasteiger partial charge >= 0.3 is 55.5 Å². The highest BCUT2D eigenvalue weighted by atomic mass is 31.2. The fourth-order valence-electron chi connectivity index (χ4n) is 4.73. The summed E-state index contributed by atoms with van der Waals surface area (Å²) >= 11 is 0. The number of halogens is 17. The summed E-state index contributed by atoms with van der Waals surface area (Å²) in [5.41, 5.74) is 0. The second kappa shape index (κ2) is 17.5. The Morgan fingerprint density at radius 1 is 0.604 bits per heavy atom. The van der Waals surface area contributed by atoms with Gasteiger partial charge in [-0.15, -0.1) is 0 Å². The molecule has 5 N–H and O–H groups in total. The molecule has 1 rings (SSSR count). The van der Waals surface area contributed by atoms with Crippen molar-refractivity contribution in [1.29, 1.82) is 0 Å². The SMILES string of the molecule is CCCCCCCCCC(CCC(F)(F)C(F)(F)C(F)(F)C(F)(F)C(F)(F)C(F)(F)C(F)(F)C(F)(F)F)OP(=O)(O)OC[C@H]1OC(O)[C@H](O)[C@@H](O)[C@@H]1O. The van der Waals surface area contributed by atoms with Crippen LogP contribution in [0.2, 0.25) is 0 Å². The zero-order valence-corrected chi connectivity index (χ0v) is 27.9. The molecule has 27 heteroatoms. The summed E-state index contributed by atoms with van der Waals surface area (Å²) in [5, 5.41) is 38.5. The van der Waals surface area contributed by atoms with Crippen LogP contribution in [-0.2, 0) is 18.3 Å². The molecule has 1 saturated heterocycles. The molecule has 0 saturated carbocycles. The molecule has 0 aromatic rings. The van der Waals surface area contributed by atoms with Crippen molar-refractivity contribution in [2.24, 2.45) is 0 Å². The molecular weight excluding hydrogens is 810 g/mol. The first-order valence-corrected chi connectivity index (χ1v) is 16.9. The van der Waals surface area contributed by atoms with E-state index in [1.54, 1.807) is 0 Å². The maximum absolute atomic E-state index is 14.6. The summed E-state index contributed by atoms with van der Waals surface area (Å²) in [6.45, 7) is 0.539. The Morgan fingerprint density at radius 2 is 1.04 bits per heavy atom. The van der Waals surface area contributed by atoms with E-state index in [2.05, 4.69) is 13.8 Å². The van der Waals surface area contributed by atoms with Gasteiger partial charge in [0.05, 0.1) is 12.7 Å². The van der Waals surface area contributed by atoms with Gasteiger partial charge in [-0.2, -0.15) is 74.6 Å². The van der Waals surface area contributed by atoms with E-state index >= 15 is 0 Å². The number of alkyl halides is 17. The lowest BCUT2D eigenvalue weighted by Gasteiger charge is -2.43. The summed E-state index contributed by atoms with van der Waals surface area (Å²) in [6, 6.07) is 0. The van der Waals surface area contributed by atoms with Crippen LogP contribution in [0.4, 0.5) is 74.6 Å². The van der Waals surface area contributed by atoms with Crippen LogP contribution in [0.1, 0.15) is 71.1 Å². The van der Waals surface area contributed by atoms with E-state index in [0.29, 0.717) is 19.3 Å². The molecule has 0 aromatic heterocycles. The molecular formula is C26H36F17O9P. The van der Waals surface area contributed by atoms with E-state index in [0.717, 1.165) is 12.8 Å². The van der Waals surface area contributed by atoms with Crippen LogP contribution in [0.25, 0.3) is 0 Å². The average molecular weight is 847 g/mol. The fourth-order valence-corrected chi connectivity index (χ4v) is 5.71. The molecule has 0 bridgehead atoms. The van der Waals surface area contributed by atoms with E-state index in [9.17, 15) is 105 Å². The van der Waals surface area contributed by atoms with Crippen molar-refractivity contribution in [3.8, 4) is 0 Å². The maximum Gasteiger partial charge on any atom is 0.472 e. The second-order valence-corrected chi connectivity index (χ2v) is 13.5. The first-order chi connectivity index (χ1) is 23.6. The Bertz CT molecular complexity index is 1210. The lowest BCUT2D eigenvalue weighted by molar-refractivity contribution is -0.461. The number of rotatable bonds is 22. The molecule has 0 spiro atoms. The number of hydrogen-bond donors (Lipinski definition) is 5. The molecule has 0 radical (unpaired) electrons. The van der Waals surface area contributed by atoms with E-state index < -0.39 is 118 Å². The number of phosphoric ester groups is 1. The van der Waals surface area contributed by atoms with Crippen molar-refractivity contribution >= 4 is 7.82 Å². The molecule has 9 nitrogen and oxygen atoms in total.